The zero-order chi connectivity index (χ0) is 19.5. The van der Waals surface area contributed by atoms with Crippen LogP contribution < -0.4 is 0 Å². The van der Waals surface area contributed by atoms with Gasteiger partial charge in [-0.2, -0.15) is 0 Å². The first-order chi connectivity index (χ1) is 12.2. The minimum absolute atomic E-state index is 0.0107. The van der Waals surface area contributed by atoms with Crippen molar-refractivity contribution in [3.63, 3.8) is 0 Å². The summed E-state index contributed by atoms with van der Waals surface area (Å²) in [6, 6.07) is 0. The van der Waals surface area contributed by atoms with Crippen molar-refractivity contribution in [1.82, 2.24) is 0 Å². The molecule has 0 saturated heterocycles. The van der Waals surface area contributed by atoms with Crippen LogP contribution in [-0.2, 0) is 9.53 Å². The Balaban J connectivity index is 2.25. The maximum Gasteiger partial charge on any atom is 0.162 e. The molecule has 4 unspecified atom stereocenters. The van der Waals surface area contributed by atoms with Crippen LogP contribution in [0.2, 0.25) is 0 Å². The zero-order valence-corrected chi connectivity index (χ0v) is 16.8. The fourth-order valence-electron chi connectivity index (χ4n) is 4.36. The van der Waals surface area contributed by atoms with Gasteiger partial charge in [0.2, 0.25) is 0 Å². The highest BCUT2D eigenvalue weighted by Gasteiger charge is 2.46. The number of allylic oxidation sites excluding steroid dienone is 5. The lowest BCUT2D eigenvalue weighted by Gasteiger charge is -2.32. The first kappa shape index (κ1) is 20.9. The molecule has 2 aliphatic carbocycles. The van der Waals surface area contributed by atoms with Crippen LogP contribution in [0, 0.1) is 11.8 Å². The Labute approximate surface area is 157 Å². The Morgan fingerprint density at radius 2 is 1.96 bits per heavy atom. The van der Waals surface area contributed by atoms with E-state index in [1.165, 1.54) is 11.1 Å². The molecule has 2 N–H and O–H groups in total. The van der Waals surface area contributed by atoms with Crippen molar-refractivity contribution in [2.75, 3.05) is 7.11 Å². The van der Waals surface area contributed by atoms with E-state index in [0.717, 1.165) is 12.8 Å². The van der Waals surface area contributed by atoms with Crippen molar-refractivity contribution in [3.8, 4) is 0 Å². The lowest BCUT2D eigenvalue weighted by Crippen LogP contribution is -2.35. The van der Waals surface area contributed by atoms with Crippen LogP contribution in [0.4, 0.5) is 0 Å². The van der Waals surface area contributed by atoms with E-state index >= 15 is 0 Å². The normalized spacial score (nSPS) is 32.9. The summed E-state index contributed by atoms with van der Waals surface area (Å²) in [7, 11) is 1.55. The number of methoxy groups -OCH3 is 1. The number of Topliss-reactive ketones (excluding diaryl/α,β-unsaturated/α-hetero) is 1. The van der Waals surface area contributed by atoms with Crippen LogP contribution in [0.25, 0.3) is 0 Å². The summed E-state index contributed by atoms with van der Waals surface area (Å²) in [4.78, 5) is 12.4. The van der Waals surface area contributed by atoms with Gasteiger partial charge in [0.15, 0.2) is 5.78 Å². The molecule has 1 saturated carbocycles. The minimum atomic E-state index is -0.830. The molecule has 0 aliphatic heterocycles. The van der Waals surface area contributed by atoms with Gasteiger partial charge >= 0.3 is 0 Å². The number of hydrogen-bond donors (Lipinski definition) is 2. The van der Waals surface area contributed by atoms with Crippen LogP contribution in [0.3, 0.4) is 0 Å². The summed E-state index contributed by atoms with van der Waals surface area (Å²) in [5.74, 6) is 0.216. The molecule has 4 nitrogen and oxygen atoms in total. The van der Waals surface area contributed by atoms with Crippen LogP contribution >= 0.6 is 0 Å². The van der Waals surface area contributed by atoms with E-state index in [9.17, 15) is 15.0 Å². The number of carbonyl (C=O) groups excluding carboxylic acids is 1. The van der Waals surface area contributed by atoms with Crippen molar-refractivity contribution in [2.45, 2.75) is 77.9 Å². The lowest BCUT2D eigenvalue weighted by molar-refractivity contribution is -0.118. The number of hydrogen-bond acceptors (Lipinski definition) is 4. The highest BCUT2D eigenvalue weighted by Crippen LogP contribution is 2.47. The second-order valence-electron chi connectivity index (χ2n) is 8.33. The molecule has 26 heavy (non-hydrogen) atoms. The van der Waals surface area contributed by atoms with Gasteiger partial charge in [0.1, 0.15) is 11.9 Å². The van der Waals surface area contributed by atoms with Gasteiger partial charge in [-0.15, -0.1) is 0 Å². The smallest absolute Gasteiger partial charge is 0.162 e. The summed E-state index contributed by atoms with van der Waals surface area (Å²) in [5, 5.41) is 21.4. The molecule has 4 atom stereocenters. The third kappa shape index (κ3) is 4.66. The second kappa shape index (κ2) is 8.53. The van der Waals surface area contributed by atoms with E-state index in [-0.39, 0.29) is 23.4 Å². The molecule has 2 rings (SSSR count). The highest BCUT2D eigenvalue weighted by atomic mass is 16.5. The van der Waals surface area contributed by atoms with Gasteiger partial charge < -0.3 is 14.9 Å². The summed E-state index contributed by atoms with van der Waals surface area (Å²) in [6.07, 6.45) is 7.85. The van der Waals surface area contributed by atoms with Crippen molar-refractivity contribution in [3.05, 3.63) is 34.6 Å². The van der Waals surface area contributed by atoms with E-state index < -0.39 is 11.7 Å². The fourth-order valence-corrected chi connectivity index (χ4v) is 4.36. The molecule has 146 valence electrons. The average Bonchev–Trinajstić information content (AvgIpc) is 2.86. The van der Waals surface area contributed by atoms with E-state index in [1.807, 2.05) is 6.92 Å². The lowest BCUT2D eigenvalue weighted by atomic mass is 9.76. The number of aliphatic hydroxyl groups is 2. The summed E-state index contributed by atoms with van der Waals surface area (Å²) in [6.45, 7) is 8.15. The Morgan fingerprint density at radius 1 is 1.27 bits per heavy atom. The van der Waals surface area contributed by atoms with Crippen LogP contribution in [0.15, 0.2) is 34.6 Å². The Kier molecular flexibility index (Phi) is 6.86. The standard InChI is InChI=1S/C22H34O4/c1-14(2)7-6-8-15(3)16-11-12-22(4,25)18(16)13-17-19(23)9-10-20(26-5)21(17)24/h7-8,16,18,20,24-25H,6,9-13H2,1-5H3. The summed E-state index contributed by atoms with van der Waals surface area (Å²) < 4.78 is 5.31. The van der Waals surface area contributed by atoms with E-state index in [0.29, 0.717) is 31.3 Å². The van der Waals surface area contributed by atoms with Crippen molar-refractivity contribution in [2.24, 2.45) is 11.8 Å². The number of ketones is 1. The molecule has 0 spiro atoms. The van der Waals surface area contributed by atoms with Gasteiger partial charge in [-0.3, -0.25) is 4.79 Å². The topological polar surface area (TPSA) is 66.8 Å². The van der Waals surface area contributed by atoms with Crippen LogP contribution in [0.1, 0.15) is 66.2 Å². The van der Waals surface area contributed by atoms with Crippen molar-refractivity contribution < 1.29 is 19.7 Å². The van der Waals surface area contributed by atoms with Crippen LogP contribution in [0.5, 0.6) is 0 Å². The molecule has 0 aromatic rings. The van der Waals surface area contributed by atoms with Gasteiger partial charge in [0, 0.05) is 19.1 Å². The van der Waals surface area contributed by atoms with Crippen molar-refractivity contribution in [1.29, 1.82) is 0 Å². The van der Waals surface area contributed by atoms with Gasteiger partial charge in [-0.25, -0.2) is 0 Å². The summed E-state index contributed by atoms with van der Waals surface area (Å²) >= 11 is 0. The third-order valence-electron chi connectivity index (χ3n) is 6.09. The summed E-state index contributed by atoms with van der Waals surface area (Å²) in [5.41, 5.74) is 2.18. The molecule has 4 heteroatoms. The fraction of sp³-hybridized carbons (Fsp3) is 0.682. The molecular weight excluding hydrogens is 328 g/mol. The number of carbonyl (C=O) groups is 1. The molecule has 0 radical (unpaired) electrons. The van der Waals surface area contributed by atoms with Crippen molar-refractivity contribution >= 4 is 5.78 Å². The highest BCUT2D eigenvalue weighted by molar-refractivity contribution is 5.96. The first-order valence-corrected chi connectivity index (χ1v) is 9.67. The molecule has 0 aromatic heterocycles. The Hall–Kier alpha value is -1.39. The predicted octanol–water partition coefficient (Wildman–Crippen LogP) is 4.65. The zero-order valence-electron chi connectivity index (χ0n) is 16.8. The van der Waals surface area contributed by atoms with E-state index in [4.69, 9.17) is 4.74 Å². The predicted molar refractivity (Wildman–Crippen MR) is 104 cm³/mol. The van der Waals surface area contributed by atoms with Gasteiger partial charge in [0.05, 0.1) is 5.60 Å². The maximum absolute atomic E-state index is 12.4. The number of rotatable bonds is 6. The molecule has 2 aliphatic rings. The second-order valence-corrected chi connectivity index (χ2v) is 8.33. The molecule has 0 aromatic carbocycles. The van der Waals surface area contributed by atoms with Gasteiger partial charge in [-0.1, -0.05) is 23.3 Å². The Bertz CT molecular complexity index is 620. The average molecular weight is 363 g/mol. The van der Waals surface area contributed by atoms with E-state index in [2.05, 4.69) is 32.9 Å². The van der Waals surface area contributed by atoms with E-state index in [1.54, 1.807) is 7.11 Å². The minimum Gasteiger partial charge on any atom is -0.509 e. The SMILES string of the molecule is COC1CCC(=O)C(CC2C(C(C)=CCC=C(C)C)CCC2(C)O)=C1O. The maximum atomic E-state index is 12.4. The number of aliphatic hydroxyl groups excluding tert-OH is 1. The quantitative estimate of drug-likeness (QED) is 0.675. The molecule has 1 fully saturated rings. The largest absolute Gasteiger partial charge is 0.509 e. The van der Waals surface area contributed by atoms with Gasteiger partial charge in [0.25, 0.3) is 0 Å². The van der Waals surface area contributed by atoms with Gasteiger partial charge in [-0.05, 0) is 71.6 Å². The molecule has 0 heterocycles. The first-order valence-electron chi connectivity index (χ1n) is 9.67. The number of ether oxygens (including phenoxy) is 1. The van der Waals surface area contributed by atoms with Crippen LogP contribution in [-0.4, -0.2) is 34.8 Å². The molecule has 0 amide bonds. The monoisotopic (exact) mass is 362 g/mol. The molecular formula is C22H34O4. The molecule has 0 bridgehead atoms. The third-order valence-corrected chi connectivity index (χ3v) is 6.09. The Morgan fingerprint density at radius 3 is 2.58 bits per heavy atom.